The van der Waals surface area contributed by atoms with Gasteiger partial charge in [-0.15, -0.1) is 0 Å². The van der Waals surface area contributed by atoms with E-state index in [1.165, 1.54) is 77.2 Å². The van der Waals surface area contributed by atoms with Crippen LogP contribution in [0.2, 0.25) is 0 Å². The number of hydrogen-bond donors (Lipinski definition) is 1. The molecule has 4 nitrogen and oxygen atoms in total. The van der Waals surface area contributed by atoms with Crippen molar-refractivity contribution in [2.45, 2.75) is 12.0 Å². The van der Waals surface area contributed by atoms with Gasteiger partial charge in [-0.05, 0) is 96.2 Å². The highest BCUT2D eigenvalue weighted by atomic mass is 15.0. The van der Waals surface area contributed by atoms with Crippen molar-refractivity contribution in [2.75, 3.05) is 0 Å². The zero-order valence-electron chi connectivity index (χ0n) is 36.1. The monoisotopic (exact) mass is 842 g/mol. The highest BCUT2D eigenvalue weighted by Crippen LogP contribution is 2.62. The van der Waals surface area contributed by atoms with Gasteiger partial charge in [0, 0.05) is 21.9 Å². The predicted molar refractivity (Wildman–Crippen MR) is 274 cm³/mol. The molecule has 1 spiro atoms. The van der Waals surface area contributed by atoms with E-state index in [1.807, 2.05) is 24.3 Å². The minimum atomic E-state index is -0.647. The van der Waals surface area contributed by atoms with Crippen molar-refractivity contribution in [1.29, 1.82) is 0 Å². The molecule has 11 aromatic rings. The maximum absolute atomic E-state index is 7.41. The Balaban J connectivity index is 1.03. The fraction of sp³-hybridized carbons (Fsp3) is 0.0323. The second kappa shape index (κ2) is 15.0. The fourth-order valence-corrected chi connectivity index (χ4v) is 11.0. The van der Waals surface area contributed by atoms with Crippen molar-refractivity contribution in [3.05, 3.63) is 269 Å². The molecule has 1 aliphatic heterocycles. The van der Waals surface area contributed by atoms with Crippen LogP contribution in [0.3, 0.4) is 0 Å². The summed E-state index contributed by atoms with van der Waals surface area (Å²) >= 11 is 0. The number of amidine groups is 2. The number of hydrogen-bond acceptors (Lipinski definition) is 1. The van der Waals surface area contributed by atoms with Gasteiger partial charge < -0.3 is 10.3 Å². The Morgan fingerprint density at radius 2 is 1.11 bits per heavy atom. The maximum Gasteiger partial charge on any atom is 0.157 e. The standard InChI is InChI=1S/C62H42N4/c63-60(65-61(44-18-5-2-6-19-44)64-39-40-29-31-43(32-30-40)41-15-3-1-4-16-41)50-23-14-25-54-58(50)51-38-47(46-34-33-42-17-7-8-20-45(42)37-46)35-36-52(51)62(54)53-24-10-12-28-57(53)66-56-27-11-9-21-48(56)49-22-13-26-55(62)59(49)66/h1-38H,39H2,(H2,63,64,65). The van der Waals surface area contributed by atoms with Crippen LogP contribution in [-0.4, -0.2) is 16.2 Å². The van der Waals surface area contributed by atoms with Gasteiger partial charge in [0.1, 0.15) is 5.84 Å². The Labute approximate surface area is 383 Å². The van der Waals surface area contributed by atoms with Crippen molar-refractivity contribution < 1.29 is 0 Å². The van der Waals surface area contributed by atoms with E-state index in [2.05, 4.69) is 211 Å². The van der Waals surface area contributed by atoms with Crippen LogP contribution < -0.4 is 5.73 Å². The van der Waals surface area contributed by atoms with Gasteiger partial charge in [-0.2, -0.15) is 0 Å². The largest absolute Gasteiger partial charge is 0.383 e. The molecule has 0 amide bonds. The van der Waals surface area contributed by atoms with E-state index in [0.29, 0.717) is 18.2 Å². The lowest BCUT2D eigenvalue weighted by molar-refractivity contribution is 0.748. The molecule has 0 radical (unpaired) electrons. The van der Waals surface area contributed by atoms with Crippen LogP contribution in [0.1, 0.15) is 38.9 Å². The second-order valence-electron chi connectivity index (χ2n) is 17.4. The summed E-state index contributed by atoms with van der Waals surface area (Å²) in [4.78, 5) is 10.5. The number of fused-ring (bicyclic) bond motifs is 13. The first-order valence-electron chi connectivity index (χ1n) is 22.6. The summed E-state index contributed by atoms with van der Waals surface area (Å²) in [5.74, 6) is 1.01. The Bertz CT molecular complexity index is 3790. The lowest BCUT2D eigenvalue weighted by Crippen LogP contribution is -2.33. The molecule has 310 valence electrons. The molecular formula is C62H42N4. The summed E-state index contributed by atoms with van der Waals surface area (Å²) < 4.78 is 2.49. The molecule has 0 saturated heterocycles. The lowest BCUT2D eigenvalue weighted by atomic mass is 9.65. The first-order chi connectivity index (χ1) is 32.6. The Morgan fingerprint density at radius 1 is 0.470 bits per heavy atom. The van der Waals surface area contributed by atoms with Crippen molar-refractivity contribution in [3.8, 4) is 39.1 Å². The third-order valence-corrected chi connectivity index (χ3v) is 13.9. The predicted octanol–water partition coefficient (Wildman–Crippen LogP) is 14.3. The minimum Gasteiger partial charge on any atom is -0.383 e. The molecule has 1 aliphatic carbocycles. The van der Waals surface area contributed by atoms with E-state index in [4.69, 9.17) is 15.7 Å². The number of nitrogens with zero attached hydrogens (tertiary/aromatic N) is 3. The molecule has 0 fully saturated rings. The number of para-hydroxylation sites is 3. The summed E-state index contributed by atoms with van der Waals surface area (Å²) in [6.07, 6.45) is 0. The topological polar surface area (TPSA) is 55.7 Å². The molecule has 1 unspecified atom stereocenters. The molecule has 10 aromatic carbocycles. The Hall–Kier alpha value is -8.60. The molecule has 1 atom stereocenters. The Morgan fingerprint density at radius 3 is 1.97 bits per heavy atom. The van der Waals surface area contributed by atoms with E-state index in [9.17, 15) is 0 Å². The van der Waals surface area contributed by atoms with Crippen LogP contribution in [0.25, 0.3) is 71.6 Å². The zero-order valence-corrected chi connectivity index (χ0v) is 36.1. The summed E-state index contributed by atoms with van der Waals surface area (Å²) in [7, 11) is 0. The van der Waals surface area contributed by atoms with Crippen molar-refractivity contribution in [2.24, 2.45) is 15.7 Å². The average Bonchev–Trinajstić information content (AvgIpc) is 3.88. The third kappa shape index (κ3) is 5.71. The average molecular weight is 843 g/mol. The van der Waals surface area contributed by atoms with Gasteiger partial charge in [0.2, 0.25) is 0 Å². The van der Waals surface area contributed by atoms with Gasteiger partial charge in [-0.1, -0.05) is 206 Å². The van der Waals surface area contributed by atoms with Crippen LogP contribution in [0.4, 0.5) is 0 Å². The number of aromatic nitrogens is 1. The molecule has 2 aliphatic rings. The summed E-state index contributed by atoms with van der Waals surface area (Å²) in [5.41, 5.74) is 25.1. The fourth-order valence-electron chi connectivity index (χ4n) is 11.0. The molecule has 2 heterocycles. The van der Waals surface area contributed by atoms with E-state index >= 15 is 0 Å². The van der Waals surface area contributed by atoms with E-state index < -0.39 is 5.41 Å². The van der Waals surface area contributed by atoms with Crippen LogP contribution in [0, 0.1) is 0 Å². The zero-order chi connectivity index (χ0) is 43.8. The molecule has 0 bridgehead atoms. The highest BCUT2D eigenvalue weighted by molar-refractivity contribution is 6.16. The minimum absolute atomic E-state index is 0.421. The second-order valence-corrected chi connectivity index (χ2v) is 17.4. The number of nitrogens with two attached hydrogens (primary N) is 1. The van der Waals surface area contributed by atoms with Gasteiger partial charge in [-0.25, -0.2) is 4.99 Å². The van der Waals surface area contributed by atoms with E-state index in [0.717, 1.165) is 33.4 Å². The Kier molecular flexibility index (Phi) is 8.62. The molecule has 2 N–H and O–H groups in total. The quantitative estimate of drug-likeness (QED) is 0.132. The van der Waals surface area contributed by atoms with Gasteiger partial charge in [0.15, 0.2) is 5.84 Å². The normalized spacial score (nSPS) is 15.0. The van der Waals surface area contributed by atoms with Gasteiger partial charge in [0.25, 0.3) is 0 Å². The van der Waals surface area contributed by atoms with Crippen molar-refractivity contribution in [3.63, 3.8) is 0 Å². The van der Waals surface area contributed by atoms with Crippen LogP contribution in [0.5, 0.6) is 0 Å². The lowest BCUT2D eigenvalue weighted by Gasteiger charge is -2.39. The van der Waals surface area contributed by atoms with Crippen LogP contribution >= 0.6 is 0 Å². The summed E-state index contributed by atoms with van der Waals surface area (Å²) in [6.45, 7) is 0.457. The molecule has 1 aromatic heterocycles. The number of aliphatic imine (C=N–C) groups is 2. The van der Waals surface area contributed by atoms with Crippen LogP contribution in [0.15, 0.2) is 241 Å². The van der Waals surface area contributed by atoms with Gasteiger partial charge in [0.05, 0.1) is 28.7 Å². The molecule has 13 rings (SSSR count). The van der Waals surface area contributed by atoms with E-state index in [1.54, 1.807) is 0 Å². The highest BCUT2D eigenvalue weighted by Gasteiger charge is 2.51. The molecular weight excluding hydrogens is 801 g/mol. The van der Waals surface area contributed by atoms with Crippen LogP contribution in [-0.2, 0) is 12.0 Å². The first-order valence-corrected chi connectivity index (χ1v) is 22.6. The first kappa shape index (κ1) is 37.9. The smallest absolute Gasteiger partial charge is 0.157 e. The van der Waals surface area contributed by atoms with Crippen molar-refractivity contribution in [1.82, 2.24) is 4.57 Å². The molecule has 4 heteroatoms. The summed E-state index contributed by atoms with van der Waals surface area (Å²) in [5, 5.41) is 4.93. The van der Waals surface area contributed by atoms with Crippen molar-refractivity contribution >= 4 is 44.2 Å². The molecule has 66 heavy (non-hydrogen) atoms. The third-order valence-electron chi connectivity index (χ3n) is 13.9. The molecule has 0 saturated carbocycles. The summed E-state index contributed by atoms with van der Waals surface area (Å²) in [6, 6.07) is 83.0. The number of rotatable bonds is 6. The number of benzene rings is 10. The van der Waals surface area contributed by atoms with Gasteiger partial charge >= 0.3 is 0 Å². The van der Waals surface area contributed by atoms with Gasteiger partial charge in [-0.3, -0.25) is 4.99 Å². The SMILES string of the molecule is NC(=NC(=NCc1ccc(-c2ccccc2)cc1)c1ccccc1)c1cccc2c1-c1cc(-c3ccc4ccccc4c3)ccc1C21c2ccccc2-n2c3ccccc3c3cccc1c32. The van der Waals surface area contributed by atoms with E-state index in [-0.39, 0.29) is 0 Å². The maximum atomic E-state index is 7.41.